The summed E-state index contributed by atoms with van der Waals surface area (Å²) in [6.45, 7) is 1.87. The Balaban J connectivity index is 2.90. The number of hydrogen-bond acceptors (Lipinski definition) is 4. The molecule has 1 atom stereocenters. The number of anilines is 1. The summed E-state index contributed by atoms with van der Waals surface area (Å²) >= 11 is 0. The lowest BCUT2D eigenvalue weighted by Gasteiger charge is -2.11. The lowest BCUT2D eigenvalue weighted by Crippen LogP contribution is -2.35. The van der Waals surface area contributed by atoms with Crippen molar-refractivity contribution in [2.45, 2.75) is 25.8 Å². The third-order valence-electron chi connectivity index (χ3n) is 2.35. The van der Waals surface area contributed by atoms with E-state index in [1.165, 1.54) is 0 Å². The van der Waals surface area contributed by atoms with Crippen molar-refractivity contribution in [3.8, 4) is 0 Å². The molecule has 3 N–H and O–H groups in total. The maximum Gasteiger partial charge on any atom is 0.295 e. The van der Waals surface area contributed by atoms with Crippen molar-refractivity contribution in [2.75, 3.05) is 5.32 Å². The predicted octanol–water partition coefficient (Wildman–Crippen LogP) is 1.80. The average Bonchev–Trinajstić information content (AvgIpc) is 2.31. The first kappa shape index (κ1) is 14.0. The fourth-order valence-electron chi connectivity index (χ4n) is 1.43. The van der Waals surface area contributed by atoms with E-state index in [0.29, 0.717) is 6.42 Å². The van der Waals surface area contributed by atoms with Crippen LogP contribution in [0, 0.1) is 15.9 Å². The van der Waals surface area contributed by atoms with E-state index >= 15 is 0 Å². The SMILES string of the molecule is CCC[C@@H](N)C(=O)Nc1ccc(F)cc1[N+](=O)[O-]. The molecule has 0 aliphatic carbocycles. The summed E-state index contributed by atoms with van der Waals surface area (Å²) in [6.07, 6.45) is 1.20. The van der Waals surface area contributed by atoms with Crippen LogP contribution in [0.1, 0.15) is 19.8 Å². The standard InChI is InChI=1S/C11H14FN3O3/c1-2-3-8(13)11(16)14-9-5-4-7(12)6-10(9)15(17)18/h4-6,8H,2-3,13H2,1H3,(H,14,16)/t8-/m1/s1. The average molecular weight is 255 g/mol. The van der Waals surface area contributed by atoms with Gasteiger partial charge in [0.1, 0.15) is 11.5 Å². The van der Waals surface area contributed by atoms with Crippen LogP contribution in [0.5, 0.6) is 0 Å². The highest BCUT2D eigenvalue weighted by Gasteiger charge is 2.19. The van der Waals surface area contributed by atoms with Gasteiger partial charge >= 0.3 is 0 Å². The van der Waals surface area contributed by atoms with Gasteiger partial charge in [0.25, 0.3) is 5.69 Å². The molecule has 6 nitrogen and oxygen atoms in total. The Hall–Kier alpha value is -2.02. The van der Waals surface area contributed by atoms with E-state index in [2.05, 4.69) is 5.32 Å². The van der Waals surface area contributed by atoms with Gasteiger partial charge in [-0.2, -0.15) is 0 Å². The maximum absolute atomic E-state index is 12.9. The number of nitro benzene ring substituents is 1. The Kier molecular flexibility index (Phi) is 4.73. The first-order valence-electron chi connectivity index (χ1n) is 5.46. The monoisotopic (exact) mass is 255 g/mol. The fourth-order valence-corrected chi connectivity index (χ4v) is 1.43. The van der Waals surface area contributed by atoms with Crippen LogP contribution < -0.4 is 11.1 Å². The molecule has 0 unspecified atom stereocenters. The van der Waals surface area contributed by atoms with Gasteiger partial charge in [-0.05, 0) is 18.6 Å². The van der Waals surface area contributed by atoms with Crippen molar-refractivity contribution in [1.82, 2.24) is 0 Å². The smallest absolute Gasteiger partial charge is 0.295 e. The lowest BCUT2D eigenvalue weighted by molar-refractivity contribution is -0.384. The molecular formula is C11H14FN3O3. The number of nitrogens with two attached hydrogens (primary N) is 1. The zero-order chi connectivity index (χ0) is 13.7. The quantitative estimate of drug-likeness (QED) is 0.619. The molecular weight excluding hydrogens is 241 g/mol. The summed E-state index contributed by atoms with van der Waals surface area (Å²) < 4.78 is 12.9. The Morgan fingerprint density at radius 2 is 2.28 bits per heavy atom. The number of carbonyl (C=O) groups excluding carboxylic acids is 1. The van der Waals surface area contributed by atoms with Crippen molar-refractivity contribution in [3.05, 3.63) is 34.1 Å². The van der Waals surface area contributed by atoms with Crippen molar-refractivity contribution in [3.63, 3.8) is 0 Å². The predicted molar refractivity (Wildman–Crippen MR) is 64.6 cm³/mol. The molecule has 1 aromatic rings. The zero-order valence-electron chi connectivity index (χ0n) is 9.85. The summed E-state index contributed by atoms with van der Waals surface area (Å²) in [7, 11) is 0. The molecule has 0 aromatic heterocycles. The van der Waals surface area contributed by atoms with E-state index in [1.807, 2.05) is 6.92 Å². The summed E-state index contributed by atoms with van der Waals surface area (Å²) in [5, 5.41) is 13.0. The van der Waals surface area contributed by atoms with Gasteiger partial charge in [0.15, 0.2) is 0 Å². The number of benzene rings is 1. The van der Waals surface area contributed by atoms with Crippen LogP contribution in [0.3, 0.4) is 0 Å². The minimum Gasteiger partial charge on any atom is -0.320 e. The molecule has 0 bridgehead atoms. The molecule has 1 aromatic carbocycles. The van der Waals surface area contributed by atoms with E-state index in [-0.39, 0.29) is 5.69 Å². The van der Waals surface area contributed by atoms with E-state index < -0.39 is 28.4 Å². The maximum atomic E-state index is 12.9. The topological polar surface area (TPSA) is 98.3 Å². The Morgan fingerprint density at radius 3 is 2.83 bits per heavy atom. The Bertz CT molecular complexity index is 465. The van der Waals surface area contributed by atoms with Gasteiger partial charge in [-0.1, -0.05) is 13.3 Å². The number of halogens is 1. The first-order chi connectivity index (χ1) is 8.45. The molecule has 98 valence electrons. The van der Waals surface area contributed by atoms with Crippen molar-refractivity contribution < 1.29 is 14.1 Å². The number of nitrogens with one attached hydrogen (secondary N) is 1. The molecule has 1 rings (SSSR count). The molecule has 7 heteroatoms. The van der Waals surface area contributed by atoms with Gasteiger partial charge in [-0.25, -0.2) is 4.39 Å². The summed E-state index contributed by atoms with van der Waals surface area (Å²) in [6, 6.07) is 2.19. The van der Waals surface area contributed by atoms with Crippen LogP contribution in [0.2, 0.25) is 0 Å². The van der Waals surface area contributed by atoms with Crippen LogP contribution in [0.4, 0.5) is 15.8 Å². The van der Waals surface area contributed by atoms with Crippen molar-refractivity contribution >= 4 is 17.3 Å². The molecule has 0 radical (unpaired) electrons. The summed E-state index contributed by atoms with van der Waals surface area (Å²) in [4.78, 5) is 21.6. The Morgan fingerprint density at radius 1 is 1.61 bits per heavy atom. The van der Waals surface area contributed by atoms with Gasteiger partial charge in [0.2, 0.25) is 5.91 Å². The summed E-state index contributed by atoms with van der Waals surface area (Å²) in [5.74, 6) is -1.26. The number of amides is 1. The van der Waals surface area contributed by atoms with Crippen LogP contribution >= 0.6 is 0 Å². The number of hydrogen-bond donors (Lipinski definition) is 2. The number of rotatable bonds is 5. The second-order valence-electron chi connectivity index (χ2n) is 3.80. The molecule has 0 aliphatic heterocycles. The van der Waals surface area contributed by atoms with E-state index in [9.17, 15) is 19.3 Å². The van der Waals surface area contributed by atoms with Gasteiger partial charge in [0.05, 0.1) is 17.0 Å². The molecule has 0 spiro atoms. The normalized spacial score (nSPS) is 11.9. The van der Waals surface area contributed by atoms with E-state index in [1.54, 1.807) is 0 Å². The van der Waals surface area contributed by atoms with E-state index in [4.69, 9.17) is 5.73 Å². The van der Waals surface area contributed by atoms with Crippen molar-refractivity contribution in [1.29, 1.82) is 0 Å². The van der Waals surface area contributed by atoms with Gasteiger partial charge < -0.3 is 11.1 Å². The molecule has 0 heterocycles. The van der Waals surface area contributed by atoms with Crippen LogP contribution in [0.25, 0.3) is 0 Å². The summed E-state index contributed by atoms with van der Waals surface area (Å²) in [5.41, 5.74) is 5.02. The largest absolute Gasteiger partial charge is 0.320 e. The number of nitrogens with zero attached hydrogens (tertiary/aromatic N) is 1. The number of carbonyl (C=O) groups is 1. The highest BCUT2D eigenvalue weighted by molar-refractivity contribution is 5.96. The molecule has 0 aliphatic rings. The molecule has 0 fully saturated rings. The van der Waals surface area contributed by atoms with Gasteiger partial charge in [0, 0.05) is 0 Å². The van der Waals surface area contributed by atoms with Gasteiger partial charge in [-0.3, -0.25) is 14.9 Å². The molecule has 0 saturated heterocycles. The van der Waals surface area contributed by atoms with Gasteiger partial charge in [-0.15, -0.1) is 0 Å². The second kappa shape index (κ2) is 6.06. The number of nitro groups is 1. The van der Waals surface area contributed by atoms with Crippen LogP contribution in [-0.2, 0) is 4.79 Å². The van der Waals surface area contributed by atoms with Crippen LogP contribution in [0.15, 0.2) is 18.2 Å². The minimum atomic E-state index is -0.760. The minimum absolute atomic E-state index is 0.0575. The molecule has 0 saturated carbocycles. The van der Waals surface area contributed by atoms with Crippen LogP contribution in [-0.4, -0.2) is 16.9 Å². The third kappa shape index (κ3) is 3.49. The lowest BCUT2D eigenvalue weighted by atomic mass is 10.1. The zero-order valence-corrected chi connectivity index (χ0v) is 9.85. The third-order valence-corrected chi connectivity index (χ3v) is 2.35. The highest BCUT2D eigenvalue weighted by Crippen LogP contribution is 2.25. The molecule has 18 heavy (non-hydrogen) atoms. The second-order valence-corrected chi connectivity index (χ2v) is 3.80. The van der Waals surface area contributed by atoms with Crippen molar-refractivity contribution in [2.24, 2.45) is 5.73 Å². The molecule has 1 amide bonds. The first-order valence-corrected chi connectivity index (χ1v) is 5.46. The van der Waals surface area contributed by atoms with E-state index in [0.717, 1.165) is 24.6 Å². The highest BCUT2D eigenvalue weighted by atomic mass is 19.1. The fraction of sp³-hybridized carbons (Fsp3) is 0.364. The Labute approximate surface area is 103 Å².